The van der Waals surface area contributed by atoms with Crippen LogP contribution in [0.25, 0.3) is 138 Å². The minimum absolute atomic E-state index is 0.569. The maximum absolute atomic E-state index is 11.9. The summed E-state index contributed by atoms with van der Waals surface area (Å²) in [4.78, 5) is 4.82. The monoisotopic (exact) mass is 979 g/mol. The van der Waals surface area contributed by atoms with E-state index >= 15 is 0 Å². The van der Waals surface area contributed by atoms with Gasteiger partial charge in [-0.15, -0.1) is 0 Å². The molecule has 0 saturated carbocycles. The number of nitrogens with zero attached hydrogens (tertiary/aromatic N) is 5. The second-order valence-electron chi connectivity index (χ2n) is 19.8. The average molecular weight is 980 g/mol. The van der Waals surface area contributed by atoms with Crippen molar-refractivity contribution in [3.8, 4) is 78.8 Å². The second kappa shape index (κ2) is 17.8. The summed E-state index contributed by atoms with van der Waals surface area (Å²) in [6.45, 7) is 0. The second-order valence-corrected chi connectivity index (χ2v) is 19.8. The Morgan fingerprint density at radius 2 is 0.623 bits per heavy atom. The fraction of sp³-hybridized carbons (Fsp3) is 0. The molecule has 0 unspecified atom stereocenters. The molecule has 0 fully saturated rings. The molecule has 11 aromatic carbocycles. The average Bonchev–Trinajstić information content (AvgIpc) is 4.36. The van der Waals surface area contributed by atoms with Gasteiger partial charge in [-0.1, -0.05) is 176 Å². The van der Waals surface area contributed by atoms with Crippen LogP contribution in [0.4, 0.5) is 0 Å². The number of fused-ring (bicyclic) bond motifs is 9. The standard InChI is InChI=1S/C72H45N5/c73-46-63-70(76-65-35-29-52(47-16-5-1-6-17-47)40-59(65)60-41-53(30-36-66(60)76)48-18-7-2-8-19-48)44-56(51-27-33-57(34-28-51)75-64-25-14-13-24-58(64)72-69(75)26-15-39-74-72)45-71(63)77-67-37-31-54(49-20-9-3-10-21-49)42-61(67)62-43-55(32-38-68(62)77)50-22-11-4-12-23-50/h1-45H. The first-order valence-electron chi connectivity index (χ1n) is 26.1. The number of hydrogen-bond donors (Lipinski definition) is 0. The van der Waals surface area contributed by atoms with E-state index in [9.17, 15) is 5.26 Å². The molecule has 0 atom stereocenters. The minimum atomic E-state index is 0.569. The topological polar surface area (TPSA) is 51.5 Å². The highest BCUT2D eigenvalue weighted by Gasteiger charge is 2.24. The molecule has 0 N–H and O–H groups in total. The first kappa shape index (κ1) is 44.0. The molecule has 0 aliphatic heterocycles. The van der Waals surface area contributed by atoms with Gasteiger partial charge in [-0.25, -0.2) is 0 Å². The number of aromatic nitrogens is 4. The Bertz CT molecular complexity index is 4360. The van der Waals surface area contributed by atoms with Crippen molar-refractivity contribution < 1.29 is 0 Å². The van der Waals surface area contributed by atoms with Crippen LogP contribution >= 0.6 is 0 Å². The van der Waals surface area contributed by atoms with E-state index in [1.54, 1.807) is 0 Å². The maximum Gasteiger partial charge on any atom is 0.104 e. The van der Waals surface area contributed by atoms with Crippen molar-refractivity contribution in [1.29, 1.82) is 5.26 Å². The quantitative estimate of drug-likeness (QED) is 0.152. The van der Waals surface area contributed by atoms with Crippen molar-refractivity contribution >= 4 is 65.5 Å². The Morgan fingerprint density at radius 1 is 0.273 bits per heavy atom. The van der Waals surface area contributed by atoms with Gasteiger partial charge >= 0.3 is 0 Å². The van der Waals surface area contributed by atoms with Crippen molar-refractivity contribution in [2.24, 2.45) is 0 Å². The van der Waals surface area contributed by atoms with Crippen LogP contribution in [0.3, 0.4) is 0 Å². The third-order valence-corrected chi connectivity index (χ3v) is 15.5. The lowest BCUT2D eigenvalue weighted by Gasteiger charge is -2.19. The van der Waals surface area contributed by atoms with Crippen LogP contribution < -0.4 is 0 Å². The Kier molecular flexibility index (Phi) is 10.2. The van der Waals surface area contributed by atoms with Gasteiger partial charge in [0.2, 0.25) is 0 Å². The third kappa shape index (κ3) is 7.19. The zero-order valence-electron chi connectivity index (χ0n) is 41.7. The molecule has 15 aromatic rings. The van der Waals surface area contributed by atoms with E-state index in [2.05, 4.69) is 281 Å². The van der Waals surface area contributed by atoms with Crippen LogP contribution in [0.1, 0.15) is 5.56 Å². The van der Waals surface area contributed by atoms with Crippen LogP contribution in [-0.2, 0) is 0 Å². The van der Waals surface area contributed by atoms with Crippen LogP contribution in [0.2, 0.25) is 0 Å². The number of nitriles is 1. The Morgan fingerprint density at radius 3 is 1.04 bits per heavy atom. The van der Waals surface area contributed by atoms with Crippen molar-refractivity contribution in [3.63, 3.8) is 0 Å². The van der Waals surface area contributed by atoms with Gasteiger partial charge in [-0.05, 0) is 147 Å². The van der Waals surface area contributed by atoms with Gasteiger partial charge in [0.15, 0.2) is 0 Å². The van der Waals surface area contributed by atoms with E-state index < -0.39 is 0 Å². The van der Waals surface area contributed by atoms with E-state index in [0.29, 0.717) is 5.56 Å². The van der Waals surface area contributed by atoms with E-state index in [1.807, 2.05) is 12.3 Å². The summed E-state index contributed by atoms with van der Waals surface area (Å²) in [6, 6.07) is 98.2. The van der Waals surface area contributed by atoms with Gasteiger partial charge < -0.3 is 13.7 Å². The molecule has 0 bridgehead atoms. The lowest BCUT2D eigenvalue weighted by molar-refractivity contribution is 1.12. The molecule has 77 heavy (non-hydrogen) atoms. The third-order valence-electron chi connectivity index (χ3n) is 15.5. The van der Waals surface area contributed by atoms with E-state index in [-0.39, 0.29) is 0 Å². The molecular formula is C72H45N5. The van der Waals surface area contributed by atoms with Crippen LogP contribution in [-0.4, -0.2) is 18.7 Å². The van der Waals surface area contributed by atoms with Crippen LogP contribution in [0, 0.1) is 11.3 Å². The highest BCUT2D eigenvalue weighted by molar-refractivity contribution is 6.14. The molecule has 4 heterocycles. The normalized spacial score (nSPS) is 11.6. The number of pyridine rings is 1. The molecule has 0 amide bonds. The molecule has 0 spiro atoms. The summed E-state index contributed by atoms with van der Waals surface area (Å²) in [7, 11) is 0. The summed E-state index contributed by atoms with van der Waals surface area (Å²) >= 11 is 0. The summed E-state index contributed by atoms with van der Waals surface area (Å²) in [5, 5.41) is 17.5. The molecule has 0 saturated heterocycles. The lowest BCUT2D eigenvalue weighted by atomic mass is 9.99. The molecule has 0 aliphatic carbocycles. The molecular weight excluding hydrogens is 935 g/mol. The molecule has 358 valence electrons. The van der Waals surface area contributed by atoms with Gasteiger partial charge in [0, 0.05) is 38.8 Å². The molecule has 0 radical (unpaired) electrons. The summed E-state index contributed by atoms with van der Waals surface area (Å²) in [5.74, 6) is 0. The molecule has 4 aromatic heterocycles. The zero-order chi connectivity index (χ0) is 51.0. The highest BCUT2D eigenvalue weighted by atomic mass is 15.0. The summed E-state index contributed by atoms with van der Waals surface area (Å²) < 4.78 is 6.95. The van der Waals surface area contributed by atoms with Crippen LogP contribution in [0.15, 0.2) is 273 Å². The van der Waals surface area contributed by atoms with Crippen molar-refractivity contribution in [2.75, 3.05) is 0 Å². The highest BCUT2D eigenvalue weighted by Crippen LogP contribution is 2.44. The predicted molar refractivity (Wildman–Crippen MR) is 319 cm³/mol. The van der Waals surface area contributed by atoms with E-state index in [4.69, 9.17) is 4.98 Å². The molecule has 0 aliphatic rings. The number of para-hydroxylation sites is 1. The van der Waals surface area contributed by atoms with Gasteiger partial charge in [0.1, 0.15) is 11.6 Å². The SMILES string of the molecule is N#Cc1c(-n2c3ccc(-c4ccccc4)cc3c3cc(-c4ccccc4)ccc32)cc(-c2ccc(-n3c4ccccc4c4ncccc43)cc2)cc1-n1c2ccc(-c3ccccc3)cc2c2cc(-c3ccccc3)ccc21. The largest absolute Gasteiger partial charge is 0.308 e. The van der Waals surface area contributed by atoms with Crippen molar-refractivity contribution in [2.45, 2.75) is 0 Å². The Hall–Kier alpha value is -10.5. The first-order valence-corrected chi connectivity index (χ1v) is 26.1. The van der Waals surface area contributed by atoms with Crippen LogP contribution in [0.5, 0.6) is 0 Å². The van der Waals surface area contributed by atoms with Gasteiger partial charge in [0.05, 0.1) is 50.0 Å². The fourth-order valence-corrected chi connectivity index (χ4v) is 11.9. The predicted octanol–water partition coefficient (Wildman–Crippen LogP) is 18.6. The minimum Gasteiger partial charge on any atom is -0.308 e. The zero-order valence-corrected chi connectivity index (χ0v) is 41.7. The van der Waals surface area contributed by atoms with E-state index in [1.165, 1.54) is 0 Å². The maximum atomic E-state index is 11.9. The van der Waals surface area contributed by atoms with Gasteiger partial charge in [-0.2, -0.15) is 5.26 Å². The van der Waals surface area contributed by atoms with Crippen molar-refractivity contribution in [1.82, 2.24) is 18.7 Å². The summed E-state index contributed by atoms with van der Waals surface area (Å²) in [5.41, 5.74) is 21.5. The lowest BCUT2D eigenvalue weighted by Crippen LogP contribution is -2.05. The number of hydrogen-bond acceptors (Lipinski definition) is 2. The molecule has 5 heteroatoms. The van der Waals surface area contributed by atoms with Gasteiger partial charge in [-0.3, -0.25) is 4.98 Å². The summed E-state index contributed by atoms with van der Waals surface area (Å²) in [6.07, 6.45) is 1.87. The number of rotatable bonds is 8. The molecule has 5 nitrogen and oxygen atoms in total. The smallest absolute Gasteiger partial charge is 0.104 e. The van der Waals surface area contributed by atoms with Gasteiger partial charge in [0.25, 0.3) is 0 Å². The fourth-order valence-electron chi connectivity index (χ4n) is 11.9. The van der Waals surface area contributed by atoms with E-state index in [0.717, 1.165) is 138 Å². The molecule has 15 rings (SSSR count). The Labute approximate surface area is 444 Å². The van der Waals surface area contributed by atoms with Crippen molar-refractivity contribution in [3.05, 3.63) is 279 Å². The number of benzene rings is 11. The first-order chi connectivity index (χ1) is 38.1. The Balaban J connectivity index is 1.02.